The van der Waals surface area contributed by atoms with Crippen LogP contribution in [0, 0.1) is 0 Å². The number of aromatic nitrogens is 4. The van der Waals surface area contributed by atoms with Crippen molar-refractivity contribution in [2.24, 2.45) is 5.73 Å². The molecule has 0 bridgehead atoms. The lowest BCUT2D eigenvalue weighted by Gasteiger charge is -2.37. The number of alkyl halides is 3. The Morgan fingerprint density at radius 2 is 1.94 bits per heavy atom. The van der Waals surface area contributed by atoms with Crippen molar-refractivity contribution >= 4 is 39.7 Å². The van der Waals surface area contributed by atoms with Gasteiger partial charge in [-0.15, -0.1) is 0 Å². The molecule has 8 nitrogen and oxygen atoms in total. The summed E-state index contributed by atoms with van der Waals surface area (Å²) in [5.41, 5.74) is 6.92. The minimum atomic E-state index is -4.61. The molecule has 1 unspecified atom stereocenters. The van der Waals surface area contributed by atoms with Gasteiger partial charge in [-0.3, -0.25) is 4.79 Å². The molecule has 0 spiro atoms. The first-order valence-corrected chi connectivity index (χ1v) is 11.4. The Labute approximate surface area is 202 Å². The highest BCUT2D eigenvalue weighted by Crippen LogP contribution is 2.35. The molecule has 35 heavy (non-hydrogen) atoms. The quantitative estimate of drug-likeness (QED) is 0.388. The average molecular weight is 504 g/mol. The van der Waals surface area contributed by atoms with Gasteiger partial charge in [0.2, 0.25) is 0 Å². The molecular weight excluding hydrogens is 483 g/mol. The van der Waals surface area contributed by atoms with Crippen LogP contribution >= 0.6 is 11.6 Å². The standard InChI is InChI=1S/C23H21ClF3N7O/c24-13-5-6-15-14(8-13)18(9-19(32-15)23(25,26)27)31-16-2-1-3-17(21(16)28)33-22(35)12-4-7-20-29-11-30-34(20)10-12/h4-11,16-17,21H,1-3,28H2,(H,31,32)(H,33,35)/t16-,17+,21?/m0/s1. The molecule has 3 heterocycles. The van der Waals surface area contributed by atoms with Crippen molar-refractivity contribution in [1.82, 2.24) is 24.9 Å². The van der Waals surface area contributed by atoms with Crippen molar-refractivity contribution in [2.45, 2.75) is 43.6 Å². The van der Waals surface area contributed by atoms with E-state index in [0.717, 1.165) is 12.5 Å². The predicted octanol–water partition coefficient (Wildman–Crippen LogP) is 4.04. The van der Waals surface area contributed by atoms with Crippen molar-refractivity contribution in [3.8, 4) is 0 Å². The molecule has 1 aliphatic rings. The predicted molar refractivity (Wildman–Crippen MR) is 125 cm³/mol. The van der Waals surface area contributed by atoms with Crippen LogP contribution in [0.3, 0.4) is 0 Å². The van der Waals surface area contributed by atoms with Crippen LogP contribution in [0.2, 0.25) is 5.02 Å². The van der Waals surface area contributed by atoms with E-state index >= 15 is 0 Å². The van der Waals surface area contributed by atoms with Gasteiger partial charge in [-0.05, 0) is 55.7 Å². The van der Waals surface area contributed by atoms with Crippen molar-refractivity contribution in [3.63, 3.8) is 0 Å². The molecule has 0 saturated heterocycles. The molecule has 1 amide bonds. The number of nitrogens with zero attached hydrogens (tertiary/aromatic N) is 4. The molecule has 182 valence electrons. The number of fused-ring (bicyclic) bond motifs is 2. The number of benzene rings is 1. The third-order valence-corrected chi connectivity index (χ3v) is 6.45. The van der Waals surface area contributed by atoms with Gasteiger partial charge in [0.25, 0.3) is 5.91 Å². The number of rotatable bonds is 4. The third-order valence-electron chi connectivity index (χ3n) is 6.21. The number of carbonyl (C=O) groups excluding carboxylic acids is 1. The number of anilines is 1. The minimum absolute atomic E-state index is 0.171. The van der Waals surface area contributed by atoms with Crippen LogP contribution in [0.15, 0.2) is 48.9 Å². The summed E-state index contributed by atoms with van der Waals surface area (Å²) in [6.07, 6.45) is 0.365. The van der Waals surface area contributed by atoms with Gasteiger partial charge < -0.3 is 16.4 Å². The van der Waals surface area contributed by atoms with Gasteiger partial charge in [-0.1, -0.05) is 11.6 Å². The van der Waals surface area contributed by atoms with Crippen LogP contribution < -0.4 is 16.4 Å². The minimum Gasteiger partial charge on any atom is -0.380 e. The average Bonchev–Trinajstić information content (AvgIpc) is 3.29. The fraction of sp³-hybridized carbons (Fsp3) is 0.304. The second kappa shape index (κ2) is 8.97. The molecule has 4 N–H and O–H groups in total. The number of hydrogen-bond acceptors (Lipinski definition) is 6. The normalized spacial score (nSPS) is 20.8. The van der Waals surface area contributed by atoms with E-state index < -0.39 is 17.9 Å². The monoisotopic (exact) mass is 503 g/mol. The van der Waals surface area contributed by atoms with E-state index in [0.29, 0.717) is 34.5 Å². The molecule has 1 saturated carbocycles. The van der Waals surface area contributed by atoms with Gasteiger partial charge in [0.05, 0.1) is 11.1 Å². The first kappa shape index (κ1) is 23.3. The molecular formula is C23H21ClF3N7O. The lowest BCUT2D eigenvalue weighted by Crippen LogP contribution is -2.57. The van der Waals surface area contributed by atoms with E-state index in [-0.39, 0.29) is 29.2 Å². The highest BCUT2D eigenvalue weighted by Gasteiger charge is 2.35. The fourth-order valence-corrected chi connectivity index (χ4v) is 4.60. The second-order valence-electron chi connectivity index (χ2n) is 8.53. The first-order chi connectivity index (χ1) is 16.7. The maximum absolute atomic E-state index is 13.5. The summed E-state index contributed by atoms with van der Waals surface area (Å²) in [4.78, 5) is 20.7. The maximum atomic E-state index is 13.5. The van der Waals surface area contributed by atoms with E-state index in [2.05, 4.69) is 25.7 Å². The largest absolute Gasteiger partial charge is 0.433 e. The second-order valence-corrected chi connectivity index (χ2v) is 8.97. The summed E-state index contributed by atoms with van der Waals surface area (Å²) >= 11 is 6.10. The number of nitrogens with one attached hydrogen (secondary N) is 2. The Balaban J connectivity index is 1.38. The number of hydrogen-bond donors (Lipinski definition) is 3. The Bertz CT molecular complexity index is 1410. The molecule has 1 aromatic carbocycles. The van der Waals surface area contributed by atoms with E-state index in [1.807, 2.05) is 0 Å². The number of pyridine rings is 2. The molecule has 3 aromatic heterocycles. The lowest BCUT2D eigenvalue weighted by molar-refractivity contribution is -0.140. The number of halogens is 4. The van der Waals surface area contributed by atoms with Crippen LogP contribution in [-0.4, -0.2) is 43.6 Å². The summed E-state index contributed by atoms with van der Waals surface area (Å²) in [5, 5.41) is 11.0. The zero-order chi connectivity index (χ0) is 24.7. The molecule has 1 aliphatic carbocycles. The molecule has 5 rings (SSSR count). The topological polar surface area (TPSA) is 110 Å². The van der Waals surface area contributed by atoms with E-state index in [9.17, 15) is 18.0 Å². The highest BCUT2D eigenvalue weighted by molar-refractivity contribution is 6.31. The van der Waals surface area contributed by atoms with Gasteiger partial charge in [0.1, 0.15) is 12.0 Å². The zero-order valence-electron chi connectivity index (χ0n) is 18.3. The summed E-state index contributed by atoms with van der Waals surface area (Å²) in [6.45, 7) is 0. The Morgan fingerprint density at radius 1 is 1.14 bits per heavy atom. The summed E-state index contributed by atoms with van der Waals surface area (Å²) < 4.78 is 41.9. The van der Waals surface area contributed by atoms with Crippen LogP contribution in [0.1, 0.15) is 35.3 Å². The van der Waals surface area contributed by atoms with E-state index in [1.54, 1.807) is 24.4 Å². The van der Waals surface area contributed by atoms with Crippen molar-refractivity contribution in [1.29, 1.82) is 0 Å². The van der Waals surface area contributed by atoms with Gasteiger partial charge in [-0.2, -0.15) is 18.3 Å². The molecule has 1 fully saturated rings. The SMILES string of the molecule is NC1[C@@H](Nc2cc(C(F)(F)F)nc3ccc(Cl)cc23)CCC[C@H]1NC(=O)c1ccc2ncnn2c1. The first-order valence-electron chi connectivity index (χ1n) is 11.0. The van der Waals surface area contributed by atoms with E-state index in [1.165, 1.54) is 23.0 Å². The summed E-state index contributed by atoms with van der Waals surface area (Å²) in [5.74, 6) is -0.316. The fourth-order valence-electron chi connectivity index (χ4n) is 4.43. The van der Waals surface area contributed by atoms with Crippen molar-refractivity contribution in [2.75, 3.05) is 5.32 Å². The van der Waals surface area contributed by atoms with Crippen LogP contribution in [-0.2, 0) is 6.18 Å². The summed E-state index contributed by atoms with van der Waals surface area (Å²) in [7, 11) is 0. The highest BCUT2D eigenvalue weighted by atomic mass is 35.5. The Hall–Kier alpha value is -3.44. The Kier molecular flexibility index (Phi) is 5.97. The van der Waals surface area contributed by atoms with Crippen LogP contribution in [0.5, 0.6) is 0 Å². The van der Waals surface area contributed by atoms with E-state index in [4.69, 9.17) is 17.3 Å². The third kappa shape index (κ3) is 4.73. The van der Waals surface area contributed by atoms with Crippen LogP contribution in [0.4, 0.5) is 18.9 Å². The Morgan fingerprint density at radius 3 is 2.74 bits per heavy atom. The van der Waals surface area contributed by atoms with Crippen molar-refractivity contribution in [3.05, 3.63) is 65.2 Å². The molecule has 0 radical (unpaired) electrons. The maximum Gasteiger partial charge on any atom is 0.433 e. The zero-order valence-corrected chi connectivity index (χ0v) is 19.0. The lowest BCUT2D eigenvalue weighted by atomic mass is 9.86. The molecule has 3 atom stereocenters. The molecule has 4 aromatic rings. The summed E-state index contributed by atoms with van der Waals surface area (Å²) in [6, 6.07) is 7.53. The number of nitrogens with two attached hydrogens (primary N) is 1. The van der Waals surface area contributed by atoms with Gasteiger partial charge >= 0.3 is 6.18 Å². The number of carbonyl (C=O) groups is 1. The van der Waals surface area contributed by atoms with Crippen molar-refractivity contribution < 1.29 is 18.0 Å². The number of amides is 1. The van der Waals surface area contributed by atoms with Gasteiger partial charge in [0, 0.05) is 40.4 Å². The van der Waals surface area contributed by atoms with Gasteiger partial charge in [-0.25, -0.2) is 14.5 Å². The molecule has 12 heteroatoms. The van der Waals surface area contributed by atoms with Gasteiger partial charge in [0.15, 0.2) is 5.65 Å². The van der Waals surface area contributed by atoms with Crippen LogP contribution in [0.25, 0.3) is 16.6 Å². The smallest absolute Gasteiger partial charge is 0.380 e. The molecule has 0 aliphatic heterocycles.